The Morgan fingerprint density at radius 2 is 1.57 bits per heavy atom. The highest BCUT2D eigenvalue weighted by Crippen LogP contribution is 2.27. The Hall–Kier alpha value is -2.29. The maximum atomic E-state index is 12.1. The monoisotopic (exact) mass is 312 g/mol. The molecule has 2 aromatic rings. The summed E-state index contributed by atoms with van der Waals surface area (Å²) in [6.45, 7) is 10.00. The summed E-state index contributed by atoms with van der Waals surface area (Å²) in [5.41, 5.74) is 4.19. The Morgan fingerprint density at radius 1 is 0.957 bits per heavy atom. The maximum Gasteiger partial charge on any atom is 0.349 e. The van der Waals surface area contributed by atoms with Gasteiger partial charge in [-0.1, -0.05) is 38.1 Å². The van der Waals surface area contributed by atoms with Crippen LogP contribution in [0.5, 0.6) is 11.5 Å². The Labute approximate surface area is 138 Å². The first kappa shape index (κ1) is 17.1. The predicted molar refractivity (Wildman–Crippen MR) is 92.3 cm³/mol. The van der Waals surface area contributed by atoms with Crippen LogP contribution in [0.15, 0.2) is 36.4 Å². The zero-order valence-corrected chi connectivity index (χ0v) is 14.5. The molecule has 0 saturated heterocycles. The van der Waals surface area contributed by atoms with E-state index in [1.807, 2.05) is 51.1 Å². The van der Waals surface area contributed by atoms with Crippen LogP contribution in [0.1, 0.15) is 42.0 Å². The topological polar surface area (TPSA) is 35.5 Å². The number of hydrogen-bond acceptors (Lipinski definition) is 3. The standard InChI is InChI=1S/C20H24O3/c1-13(2)17-9-7-15(4)11-19(17)22-12-20(21)23-18-10-14(3)6-8-16(18)5/h6-11,13H,12H2,1-5H3. The Kier molecular flexibility index (Phi) is 5.43. The van der Waals surface area contributed by atoms with Crippen molar-refractivity contribution in [3.63, 3.8) is 0 Å². The first-order valence-corrected chi connectivity index (χ1v) is 7.88. The average molecular weight is 312 g/mol. The van der Waals surface area contributed by atoms with E-state index in [1.165, 1.54) is 0 Å². The molecule has 23 heavy (non-hydrogen) atoms. The van der Waals surface area contributed by atoms with Crippen molar-refractivity contribution in [2.24, 2.45) is 0 Å². The quantitative estimate of drug-likeness (QED) is 0.592. The van der Waals surface area contributed by atoms with Crippen LogP contribution in [0.25, 0.3) is 0 Å². The largest absolute Gasteiger partial charge is 0.482 e. The van der Waals surface area contributed by atoms with Crippen molar-refractivity contribution >= 4 is 5.97 Å². The molecular weight excluding hydrogens is 288 g/mol. The van der Waals surface area contributed by atoms with Gasteiger partial charge in [0.15, 0.2) is 6.61 Å². The minimum Gasteiger partial charge on any atom is -0.482 e. The van der Waals surface area contributed by atoms with E-state index in [0.717, 1.165) is 28.0 Å². The fourth-order valence-electron chi connectivity index (χ4n) is 2.35. The molecule has 0 aromatic heterocycles. The molecule has 2 aromatic carbocycles. The summed E-state index contributed by atoms with van der Waals surface area (Å²) in [6.07, 6.45) is 0. The molecule has 0 bridgehead atoms. The van der Waals surface area contributed by atoms with Crippen LogP contribution in [0.4, 0.5) is 0 Å². The van der Waals surface area contributed by atoms with E-state index in [0.29, 0.717) is 11.7 Å². The van der Waals surface area contributed by atoms with Crippen molar-refractivity contribution in [2.45, 2.75) is 40.5 Å². The molecule has 3 nitrogen and oxygen atoms in total. The summed E-state index contributed by atoms with van der Waals surface area (Å²) in [7, 11) is 0. The van der Waals surface area contributed by atoms with E-state index in [-0.39, 0.29) is 6.61 Å². The van der Waals surface area contributed by atoms with Gasteiger partial charge in [0.05, 0.1) is 0 Å². The highest BCUT2D eigenvalue weighted by Gasteiger charge is 2.12. The number of hydrogen-bond donors (Lipinski definition) is 0. The third kappa shape index (κ3) is 4.59. The molecule has 0 amide bonds. The van der Waals surface area contributed by atoms with E-state index < -0.39 is 5.97 Å². The molecule has 2 rings (SSSR count). The highest BCUT2D eigenvalue weighted by molar-refractivity contribution is 5.74. The van der Waals surface area contributed by atoms with Crippen LogP contribution in [-0.4, -0.2) is 12.6 Å². The first-order chi connectivity index (χ1) is 10.9. The van der Waals surface area contributed by atoms with E-state index >= 15 is 0 Å². The molecule has 0 aliphatic carbocycles. The second kappa shape index (κ2) is 7.32. The predicted octanol–water partition coefficient (Wildman–Crippen LogP) is 4.72. The summed E-state index contributed by atoms with van der Waals surface area (Å²) < 4.78 is 11.1. The number of carbonyl (C=O) groups is 1. The minimum atomic E-state index is -0.394. The van der Waals surface area contributed by atoms with Gasteiger partial charge < -0.3 is 9.47 Å². The summed E-state index contributed by atoms with van der Waals surface area (Å²) in [4.78, 5) is 12.1. The van der Waals surface area contributed by atoms with Gasteiger partial charge in [0.2, 0.25) is 0 Å². The lowest BCUT2D eigenvalue weighted by molar-refractivity contribution is -0.136. The number of ether oxygens (including phenoxy) is 2. The lowest BCUT2D eigenvalue weighted by atomic mass is 10.0. The first-order valence-electron chi connectivity index (χ1n) is 7.88. The highest BCUT2D eigenvalue weighted by atomic mass is 16.6. The van der Waals surface area contributed by atoms with Crippen molar-refractivity contribution in [1.82, 2.24) is 0 Å². The van der Waals surface area contributed by atoms with E-state index in [4.69, 9.17) is 9.47 Å². The zero-order valence-electron chi connectivity index (χ0n) is 14.5. The average Bonchev–Trinajstić information content (AvgIpc) is 2.48. The van der Waals surface area contributed by atoms with Gasteiger partial charge >= 0.3 is 5.97 Å². The van der Waals surface area contributed by atoms with Gasteiger partial charge in [0.1, 0.15) is 11.5 Å². The molecule has 3 heteroatoms. The molecule has 0 atom stereocenters. The van der Waals surface area contributed by atoms with Crippen molar-refractivity contribution in [1.29, 1.82) is 0 Å². The van der Waals surface area contributed by atoms with Crippen LogP contribution in [0, 0.1) is 20.8 Å². The molecule has 0 saturated carbocycles. The number of rotatable bonds is 5. The number of aryl methyl sites for hydroxylation is 3. The van der Waals surface area contributed by atoms with Crippen molar-refractivity contribution in [3.8, 4) is 11.5 Å². The number of carbonyl (C=O) groups excluding carboxylic acids is 1. The van der Waals surface area contributed by atoms with Gasteiger partial charge in [0, 0.05) is 0 Å². The van der Waals surface area contributed by atoms with Gasteiger partial charge in [-0.15, -0.1) is 0 Å². The third-order valence-electron chi connectivity index (χ3n) is 3.70. The molecule has 0 N–H and O–H groups in total. The van der Waals surface area contributed by atoms with Crippen molar-refractivity contribution in [2.75, 3.05) is 6.61 Å². The SMILES string of the molecule is Cc1ccc(C)c(OC(=O)COc2cc(C)ccc2C(C)C)c1. The van der Waals surface area contributed by atoms with Crippen molar-refractivity contribution in [3.05, 3.63) is 58.7 Å². The molecule has 0 spiro atoms. The van der Waals surface area contributed by atoms with Gasteiger partial charge in [-0.05, 0) is 61.1 Å². The number of benzene rings is 2. The zero-order chi connectivity index (χ0) is 17.0. The summed E-state index contributed by atoms with van der Waals surface area (Å²) in [5.74, 6) is 1.28. The van der Waals surface area contributed by atoms with Crippen LogP contribution in [-0.2, 0) is 4.79 Å². The molecule has 0 radical (unpaired) electrons. The summed E-state index contributed by atoms with van der Waals surface area (Å²) in [6, 6.07) is 11.9. The van der Waals surface area contributed by atoms with Crippen molar-refractivity contribution < 1.29 is 14.3 Å². The normalized spacial score (nSPS) is 10.7. The smallest absolute Gasteiger partial charge is 0.349 e. The molecule has 0 aliphatic rings. The summed E-state index contributed by atoms with van der Waals surface area (Å²) in [5, 5.41) is 0. The summed E-state index contributed by atoms with van der Waals surface area (Å²) >= 11 is 0. The van der Waals surface area contributed by atoms with E-state index in [2.05, 4.69) is 19.9 Å². The molecule has 0 heterocycles. The molecule has 0 fully saturated rings. The van der Waals surface area contributed by atoms with Crippen LogP contribution in [0.3, 0.4) is 0 Å². The molecular formula is C20H24O3. The molecule has 0 unspecified atom stereocenters. The van der Waals surface area contributed by atoms with Crippen LogP contribution < -0.4 is 9.47 Å². The van der Waals surface area contributed by atoms with Gasteiger partial charge in [-0.25, -0.2) is 4.79 Å². The van der Waals surface area contributed by atoms with Gasteiger partial charge in [0.25, 0.3) is 0 Å². The van der Waals surface area contributed by atoms with E-state index in [1.54, 1.807) is 0 Å². The Bertz CT molecular complexity index is 702. The van der Waals surface area contributed by atoms with E-state index in [9.17, 15) is 4.79 Å². The Balaban J connectivity index is 2.05. The Morgan fingerprint density at radius 3 is 2.22 bits per heavy atom. The third-order valence-corrected chi connectivity index (χ3v) is 3.70. The van der Waals surface area contributed by atoms with Crippen LogP contribution in [0.2, 0.25) is 0 Å². The lowest BCUT2D eigenvalue weighted by Crippen LogP contribution is -2.18. The maximum absolute atomic E-state index is 12.1. The van der Waals surface area contributed by atoms with Gasteiger partial charge in [-0.2, -0.15) is 0 Å². The lowest BCUT2D eigenvalue weighted by Gasteiger charge is -2.15. The second-order valence-electron chi connectivity index (χ2n) is 6.23. The molecule has 122 valence electrons. The number of esters is 1. The minimum absolute atomic E-state index is 0.101. The fraction of sp³-hybridized carbons (Fsp3) is 0.350. The fourth-order valence-corrected chi connectivity index (χ4v) is 2.35. The molecule has 0 aliphatic heterocycles. The second-order valence-corrected chi connectivity index (χ2v) is 6.23. The van der Waals surface area contributed by atoms with Crippen LogP contribution >= 0.6 is 0 Å². The van der Waals surface area contributed by atoms with Gasteiger partial charge in [-0.3, -0.25) is 0 Å².